The van der Waals surface area contributed by atoms with Gasteiger partial charge in [-0.1, -0.05) is 29.4 Å². The molecule has 1 aromatic carbocycles. The molecule has 0 aliphatic heterocycles. The van der Waals surface area contributed by atoms with Crippen molar-refractivity contribution in [1.82, 2.24) is 14.8 Å². The smallest absolute Gasteiger partial charge is 0.191 e. The van der Waals surface area contributed by atoms with Crippen molar-refractivity contribution in [2.45, 2.75) is 24.5 Å². The van der Waals surface area contributed by atoms with Gasteiger partial charge in [0.25, 0.3) is 0 Å². The Morgan fingerprint density at radius 1 is 1.24 bits per heavy atom. The second-order valence-electron chi connectivity index (χ2n) is 4.49. The zero-order valence-electron chi connectivity index (χ0n) is 11.7. The van der Waals surface area contributed by atoms with Gasteiger partial charge in [-0.25, -0.2) is 0 Å². The fraction of sp³-hybridized carbons (Fsp3) is 0.333. The molecule has 0 unspecified atom stereocenters. The van der Waals surface area contributed by atoms with Crippen molar-refractivity contribution in [2.75, 3.05) is 12.4 Å². The highest BCUT2D eigenvalue weighted by atomic mass is 35.5. The van der Waals surface area contributed by atoms with Gasteiger partial charge in [0.15, 0.2) is 11.0 Å². The molecule has 0 aliphatic carbocycles. The van der Waals surface area contributed by atoms with Crippen LogP contribution >= 0.6 is 23.4 Å². The first kappa shape index (κ1) is 16.1. The maximum Gasteiger partial charge on any atom is 0.191 e. The van der Waals surface area contributed by atoms with E-state index in [9.17, 15) is 0 Å². The molecule has 1 heterocycles. The van der Waals surface area contributed by atoms with Crippen LogP contribution in [0.15, 0.2) is 42.1 Å². The Kier molecular flexibility index (Phi) is 6.29. The number of nitrogens with zero attached hydrogens (tertiary/aromatic N) is 3. The van der Waals surface area contributed by atoms with Crippen LogP contribution in [0, 0.1) is 0 Å². The van der Waals surface area contributed by atoms with Crippen LogP contribution in [0.2, 0.25) is 5.02 Å². The fourth-order valence-electron chi connectivity index (χ4n) is 1.88. The molecule has 0 amide bonds. The number of benzene rings is 1. The number of hydrogen-bond acceptors (Lipinski definition) is 4. The SMILES string of the molecule is C=CCn1c(SCCCCO)nnc1-c1ccc(Cl)cc1. The standard InChI is InChI=1S/C15H18ClN3OS/c1-2-9-19-14(12-5-7-13(16)8-6-12)17-18-15(19)21-11-4-3-10-20/h2,5-8,20H,1,3-4,9-11H2. The topological polar surface area (TPSA) is 50.9 Å². The Bertz CT molecular complexity index is 583. The Hall–Kier alpha value is -1.30. The largest absolute Gasteiger partial charge is 0.396 e. The van der Waals surface area contributed by atoms with Gasteiger partial charge in [-0.05, 0) is 37.1 Å². The molecule has 21 heavy (non-hydrogen) atoms. The molecule has 0 atom stereocenters. The lowest BCUT2D eigenvalue weighted by Crippen LogP contribution is -2.01. The Balaban J connectivity index is 2.19. The number of aliphatic hydroxyl groups excluding tert-OH is 1. The van der Waals surface area contributed by atoms with E-state index in [2.05, 4.69) is 16.8 Å². The first-order valence-corrected chi connectivity index (χ1v) is 8.16. The van der Waals surface area contributed by atoms with Gasteiger partial charge in [0.05, 0.1) is 0 Å². The van der Waals surface area contributed by atoms with Crippen LogP contribution in [0.4, 0.5) is 0 Å². The summed E-state index contributed by atoms with van der Waals surface area (Å²) < 4.78 is 2.04. The summed E-state index contributed by atoms with van der Waals surface area (Å²) >= 11 is 7.57. The van der Waals surface area contributed by atoms with Crippen molar-refractivity contribution < 1.29 is 5.11 Å². The Labute approximate surface area is 133 Å². The van der Waals surface area contributed by atoms with Gasteiger partial charge in [0.1, 0.15) is 0 Å². The number of hydrogen-bond donors (Lipinski definition) is 1. The summed E-state index contributed by atoms with van der Waals surface area (Å²) in [6.45, 7) is 4.69. The average Bonchev–Trinajstić information content (AvgIpc) is 2.88. The molecular weight excluding hydrogens is 306 g/mol. The van der Waals surface area contributed by atoms with E-state index in [-0.39, 0.29) is 6.61 Å². The normalized spacial score (nSPS) is 10.8. The van der Waals surface area contributed by atoms with Crippen molar-refractivity contribution in [2.24, 2.45) is 0 Å². The molecule has 2 aromatic rings. The minimum absolute atomic E-state index is 0.232. The van der Waals surface area contributed by atoms with E-state index in [4.69, 9.17) is 16.7 Å². The van der Waals surface area contributed by atoms with Crippen LogP contribution in [0.5, 0.6) is 0 Å². The lowest BCUT2D eigenvalue weighted by atomic mass is 10.2. The van der Waals surface area contributed by atoms with E-state index >= 15 is 0 Å². The average molecular weight is 324 g/mol. The van der Waals surface area contributed by atoms with E-state index in [0.29, 0.717) is 11.6 Å². The highest BCUT2D eigenvalue weighted by Crippen LogP contribution is 2.25. The summed E-state index contributed by atoms with van der Waals surface area (Å²) in [6, 6.07) is 7.56. The van der Waals surface area contributed by atoms with Crippen molar-refractivity contribution in [1.29, 1.82) is 0 Å². The predicted octanol–water partition coefficient (Wildman–Crippen LogP) is 3.65. The molecule has 0 saturated carbocycles. The van der Waals surface area contributed by atoms with Crippen molar-refractivity contribution >= 4 is 23.4 Å². The van der Waals surface area contributed by atoms with E-state index in [1.165, 1.54) is 0 Å². The number of allylic oxidation sites excluding steroid dienone is 1. The van der Waals surface area contributed by atoms with Gasteiger partial charge < -0.3 is 5.11 Å². The van der Waals surface area contributed by atoms with Crippen LogP contribution < -0.4 is 0 Å². The van der Waals surface area contributed by atoms with Crippen LogP contribution in [0.25, 0.3) is 11.4 Å². The highest BCUT2D eigenvalue weighted by Gasteiger charge is 2.13. The molecule has 0 saturated heterocycles. The fourth-order valence-corrected chi connectivity index (χ4v) is 2.95. The second-order valence-corrected chi connectivity index (χ2v) is 5.99. The van der Waals surface area contributed by atoms with Crippen LogP contribution in [0.3, 0.4) is 0 Å². The summed E-state index contributed by atoms with van der Waals surface area (Å²) in [5, 5.41) is 18.9. The molecule has 1 N–H and O–H groups in total. The molecule has 2 rings (SSSR count). The molecule has 0 fully saturated rings. The molecule has 0 aliphatic rings. The molecule has 4 nitrogen and oxygen atoms in total. The van der Waals surface area contributed by atoms with Crippen molar-refractivity contribution in [3.63, 3.8) is 0 Å². The van der Waals surface area contributed by atoms with Crippen LogP contribution in [0.1, 0.15) is 12.8 Å². The molecule has 0 bridgehead atoms. The zero-order chi connectivity index (χ0) is 15.1. The van der Waals surface area contributed by atoms with Gasteiger partial charge >= 0.3 is 0 Å². The van der Waals surface area contributed by atoms with Gasteiger partial charge in [-0.2, -0.15) is 0 Å². The monoisotopic (exact) mass is 323 g/mol. The number of aliphatic hydroxyl groups is 1. The minimum Gasteiger partial charge on any atom is -0.396 e. The minimum atomic E-state index is 0.232. The first-order chi connectivity index (χ1) is 10.3. The summed E-state index contributed by atoms with van der Waals surface area (Å²) in [5.41, 5.74) is 0.982. The molecule has 112 valence electrons. The summed E-state index contributed by atoms with van der Waals surface area (Å²) in [5.74, 6) is 1.73. The number of rotatable bonds is 8. The maximum absolute atomic E-state index is 8.81. The van der Waals surface area contributed by atoms with E-state index < -0.39 is 0 Å². The summed E-state index contributed by atoms with van der Waals surface area (Å²) in [7, 11) is 0. The van der Waals surface area contributed by atoms with Crippen LogP contribution in [-0.2, 0) is 6.54 Å². The zero-order valence-corrected chi connectivity index (χ0v) is 13.3. The number of halogens is 1. The molecule has 0 radical (unpaired) electrons. The lowest BCUT2D eigenvalue weighted by Gasteiger charge is -2.07. The Morgan fingerprint density at radius 3 is 2.67 bits per heavy atom. The summed E-state index contributed by atoms with van der Waals surface area (Å²) in [4.78, 5) is 0. The lowest BCUT2D eigenvalue weighted by molar-refractivity contribution is 0.287. The highest BCUT2D eigenvalue weighted by molar-refractivity contribution is 7.99. The third-order valence-corrected chi connectivity index (χ3v) is 4.22. The van der Waals surface area contributed by atoms with Crippen molar-refractivity contribution in [3.8, 4) is 11.4 Å². The van der Waals surface area contributed by atoms with Gasteiger partial charge in [-0.15, -0.1) is 16.8 Å². The predicted molar refractivity (Wildman–Crippen MR) is 87.7 cm³/mol. The quantitative estimate of drug-likeness (QED) is 0.457. The molecular formula is C15H18ClN3OS. The second kappa shape index (κ2) is 8.22. The van der Waals surface area contributed by atoms with E-state index in [1.807, 2.05) is 34.9 Å². The van der Waals surface area contributed by atoms with Crippen molar-refractivity contribution in [3.05, 3.63) is 41.9 Å². The molecule has 6 heteroatoms. The maximum atomic E-state index is 8.81. The molecule has 1 aromatic heterocycles. The third kappa shape index (κ3) is 4.33. The molecule has 0 spiro atoms. The number of thioether (sulfide) groups is 1. The van der Waals surface area contributed by atoms with Crippen LogP contribution in [-0.4, -0.2) is 32.2 Å². The van der Waals surface area contributed by atoms with Gasteiger partial charge in [0, 0.05) is 29.5 Å². The number of unbranched alkanes of at least 4 members (excludes halogenated alkanes) is 1. The van der Waals surface area contributed by atoms with E-state index in [1.54, 1.807) is 11.8 Å². The first-order valence-electron chi connectivity index (χ1n) is 6.80. The van der Waals surface area contributed by atoms with Gasteiger partial charge in [-0.3, -0.25) is 4.57 Å². The third-order valence-electron chi connectivity index (χ3n) is 2.91. The summed E-state index contributed by atoms with van der Waals surface area (Å²) in [6.07, 6.45) is 3.60. The number of aromatic nitrogens is 3. The van der Waals surface area contributed by atoms with Gasteiger partial charge in [0.2, 0.25) is 0 Å². The Morgan fingerprint density at radius 2 is 2.00 bits per heavy atom. The van der Waals surface area contributed by atoms with E-state index in [0.717, 1.165) is 35.1 Å².